The Labute approximate surface area is 221 Å². The molecule has 4 fully saturated rings. The number of nitrogens with two attached hydrogens (primary N) is 2. The third kappa shape index (κ3) is 4.73. The van der Waals surface area contributed by atoms with E-state index in [4.69, 9.17) is 25.8 Å². The lowest BCUT2D eigenvalue weighted by Crippen LogP contribution is -2.57. The average molecular weight is 516 g/mol. The Morgan fingerprint density at radius 3 is 2.38 bits per heavy atom. The van der Waals surface area contributed by atoms with Crippen molar-refractivity contribution in [1.29, 1.82) is 0 Å². The normalized spacial score (nSPS) is 30.5. The van der Waals surface area contributed by atoms with Crippen molar-refractivity contribution in [2.45, 2.75) is 95.5 Å². The molecule has 1 atom stereocenters. The molecule has 0 aromatic rings. The van der Waals surface area contributed by atoms with Crippen LogP contribution >= 0.6 is 0 Å². The molecule has 37 heavy (non-hydrogen) atoms. The number of aliphatic imine (C=N–C) groups is 1. The fourth-order valence-corrected chi connectivity index (χ4v) is 6.96. The first-order valence-corrected chi connectivity index (χ1v) is 14.0. The van der Waals surface area contributed by atoms with Gasteiger partial charge in [0.05, 0.1) is 35.5 Å². The third-order valence-corrected chi connectivity index (χ3v) is 8.89. The second kappa shape index (κ2) is 9.67. The molecular weight excluding hydrogens is 470 g/mol. The van der Waals surface area contributed by atoms with Crippen LogP contribution in [0.25, 0.3) is 0 Å². The maximum absolute atomic E-state index is 13.7. The highest BCUT2D eigenvalue weighted by Crippen LogP contribution is 2.57. The molecule has 0 amide bonds. The van der Waals surface area contributed by atoms with Crippen LogP contribution in [0.1, 0.15) is 78.6 Å². The first-order chi connectivity index (χ1) is 17.5. The number of ether oxygens (including phenoxy) is 2. The van der Waals surface area contributed by atoms with Gasteiger partial charge in [-0.05, 0) is 65.7 Å². The zero-order valence-corrected chi connectivity index (χ0v) is 23.1. The minimum absolute atomic E-state index is 0.00731. The van der Waals surface area contributed by atoms with E-state index >= 15 is 0 Å². The molecule has 0 aromatic carbocycles. The highest BCUT2D eigenvalue weighted by atomic mass is 16.7. The van der Waals surface area contributed by atoms with E-state index in [0.717, 1.165) is 76.8 Å². The van der Waals surface area contributed by atoms with E-state index in [9.17, 15) is 4.79 Å². The SMILES string of the molecule is CN=C(/C=C(\N)C(=O)C1=C(N)[C@]2(CCCCC23OCCO3)CCC1)N1CCN(OC(C)(C)C)C2(CC2)C1. The fourth-order valence-electron chi connectivity index (χ4n) is 6.96. The maximum atomic E-state index is 13.7. The molecule has 2 aliphatic heterocycles. The zero-order chi connectivity index (χ0) is 26.5. The van der Waals surface area contributed by atoms with E-state index in [0.29, 0.717) is 30.9 Å². The van der Waals surface area contributed by atoms with Gasteiger partial charge in [0, 0.05) is 50.4 Å². The van der Waals surface area contributed by atoms with Gasteiger partial charge in [-0.15, -0.1) is 0 Å². The van der Waals surface area contributed by atoms with Gasteiger partial charge < -0.3 is 25.8 Å². The number of rotatable bonds is 4. The summed E-state index contributed by atoms with van der Waals surface area (Å²) in [6.45, 7) is 9.74. The van der Waals surface area contributed by atoms with E-state index in [-0.39, 0.29) is 22.6 Å². The Hall–Kier alpha value is -1.94. The van der Waals surface area contributed by atoms with Crippen LogP contribution in [-0.2, 0) is 19.1 Å². The van der Waals surface area contributed by atoms with Crippen molar-refractivity contribution in [3.05, 3.63) is 23.0 Å². The molecule has 3 spiro atoms. The van der Waals surface area contributed by atoms with Crippen LogP contribution in [0, 0.1) is 5.41 Å². The topological polar surface area (TPSA) is 116 Å². The summed E-state index contributed by atoms with van der Waals surface area (Å²) in [5, 5.41) is 2.16. The summed E-state index contributed by atoms with van der Waals surface area (Å²) in [6.07, 6.45) is 10.1. The number of Topliss-reactive ketones (excluding diaryl/α,β-unsaturated/α-hetero) is 1. The van der Waals surface area contributed by atoms with E-state index in [1.165, 1.54) is 0 Å². The van der Waals surface area contributed by atoms with Gasteiger partial charge in [0.15, 0.2) is 5.79 Å². The van der Waals surface area contributed by atoms with Crippen LogP contribution in [0.2, 0.25) is 0 Å². The smallest absolute Gasteiger partial charge is 0.206 e. The van der Waals surface area contributed by atoms with Crippen LogP contribution in [0.15, 0.2) is 28.0 Å². The molecule has 9 nitrogen and oxygen atoms in total. The number of fused-ring (bicyclic) bond motifs is 1. The molecule has 5 rings (SSSR count). The molecule has 5 aliphatic rings. The number of allylic oxidation sites excluding steroid dienone is 1. The van der Waals surface area contributed by atoms with Gasteiger partial charge in [-0.25, -0.2) is 0 Å². The number of carbonyl (C=O) groups excluding carboxylic acids is 1. The largest absolute Gasteiger partial charge is 0.401 e. The summed E-state index contributed by atoms with van der Waals surface area (Å²) in [5.41, 5.74) is 14.1. The zero-order valence-electron chi connectivity index (χ0n) is 23.1. The molecule has 2 heterocycles. The van der Waals surface area contributed by atoms with Gasteiger partial charge in [-0.3, -0.25) is 14.6 Å². The Bertz CT molecular complexity index is 1000. The standard InChI is InChI=1S/C28H45N5O4/c1-25(2,3)37-33-15-14-32(19-26(33)12-13-26)22(31-4)18-21(29)23(34)20-8-7-10-27(24(20)30)9-5-6-11-28(27)35-16-17-36-28/h18H,5-17,19,29-30H2,1-4H3/b21-18-,31-22?/t27-/m0/s1. The number of hydrogen-bond acceptors (Lipinski definition) is 8. The highest BCUT2D eigenvalue weighted by molar-refractivity contribution is 6.12. The predicted molar refractivity (Wildman–Crippen MR) is 142 cm³/mol. The second-order valence-electron chi connectivity index (χ2n) is 12.4. The van der Waals surface area contributed by atoms with Crippen LogP contribution in [-0.4, -0.2) is 78.4 Å². The Balaban J connectivity index is 1.35. The first kappa shape index (κ1) is 26.7. The molecule has 206 valence electrons. The lowest BCUT2D eigenvalue weighted by atomic mass is 9.60. The number of nitrogens with zero attached hydrogens (tertiary/aromatic N) is 3. The minimum Gasteiger partial charge on any atom is -0.401 e. The molecule has 2 saturated heterocycles. The second-order valence-corrected chi connectivity index (χ2v) is 12.4. The lowest BCUT2D eigenvalue weighted by molar-refractivity contribution is -0.268. The highest BCUT2D eigenvalue weighted by Gasteiger charge is 2.60. The van der Waals surface area contributed by atoms with E-state index in [2.05, 4.69) is 35.7 Å². The molecule has 3 aliphatic carbocycles. The quantitative estimate of drug-likeness (QED) is 0.334. The predicted octanol–water partition coefficient (Wildman–Crippen LogP) is 3.01. The van der Waals surface area contributed by atoms with Crippen molar-refractivity contribution >= 4 is 11.6 Å². The Morgan fingerprint density at radius 2 is 1.73 bits per heavy atom. The van der Waals surface area contributed by atoms with Crippen molar-refractivity contribution in [3.8, 4) is 0 Å². The van der Waals surface area contributed by atoms with Crippen molar-refractivity contribution in [1.82, 2.24) is 9.96 Å². The first-order valence-electron chi connectivity index (χ1n) is 14.0. The van der Waals surface area contributed by atoms with Gasteiger partial charge in [-0.2, -0.15) is 5.06 Å². The number of hydroxylamine groups is 2. The number of ketones is 1. The molecule has 0 unspecified atom stereocenters. The summed E-state index contributed by atoms with van der Waals surface area (Å²) in [6, 6.07) is 0. The van der Waals surface area contributed by atoms with Crippen molar-refractivity contribution in [2.24, 2.45) is 21.9 Å². The van der Waals surface area contributed by atoms with Gasteiger partial charge >= 0.3 is 0 Å². The van der Waals surface area contributed by atoms with Crippen LogP contribution in [0.4, 0.5) is 0 Å². The molecule has 0 aromatic heterocycles. The Kier molecular flexibility index (Phi) is 6.96. The van der Waals surface area contributed by atoms with E-state index in [1.807, 2.05) is 0 Å². The summed E-state index contributed by atoms with van der Waals surface area (Å²) in [5.74, 6) is -0.162. The molecule has 4 N–H and O–H groups in total. The fraction of sp³-hybridized carbons (Fsp3) is 0.786. The van der Waals surface area contributed by atoms with E-state index in [1.54, 1.807) is 13.1 Å². The van der Waals surface area contributed by atoms with Gasteiger partial charge in [0.1, 0.15) is 5.84 Å². The molecular formula is C28H45N5O4. The number of amidine groups is 1. The van der Waals surface area contributed by atoms with Crippen LogP contribution < -0.4 is 11.5 Å². The Morgan fingerprint density at radius 1 is 1.05 bits per heavy atom. The van der Waals surface area contributed by atoms with Crippen molar-refractivity contribution in [3.63, 3.8) is 0 Å². The monoisotopic (exact) mass is 515 g/mol. The van der Waals surface area contributed by atoms with E-state index < -0.39 is 11.2 Å². The number of piperazine rings is 1. The minimum atomic E-state index is -0.705. The summed E-state index contributed by atoms with van der Waals surface area (Å²) >= 11 is 0. The average Bonchev–Trinajstić information content (AvgIpc) is 3.47. The summed E-state index contributed by atoms with van der Waals surface area (Å²) in [4.78, 5) is 26.7. The molecule has 9 heteroatoms. The van der Waals surface area contributed by atoms with Gasteiger partial charge in [0.25, 0.3) is 0 Å². The van der Waals surface area contributed by atoms with Crippen LogP contribution in [0.5, 0.6) is 0 Å². The van der Waals surface area contributed by atoms with Gasteiger partial charge in [-0.1, -0.05) is 6.42 Å². The maximum Gasteiger partial charge on any atom is 0.206 e. The van der Waals surface area contributed by atoms with Crippen molar-refractivity contribution < 1.29 is 19.1 Å². The summed E-state index contributed by atoms with van der Waals surface area (Å²) in [7, 11) is 1.75. The molecule has 0 bridgehead atoms. The summed E-state index contributed by atoms with van der Waals surface area (Å²) < 4.78 is 12.5. The van der Waals surface area contributed by atoms with Gasteiger partial charge in [0.2, 0.25) is 5.78 Å². The molecule has 0 radical (unpaired) electrons. The number of hydrogen-bond donors (Lipinski definition) is 2. The molecule has 2 saturated carbocycles. The van der Waals surface area contributed by atoms with Crippen molar-refractivity contribution in [2.75, 3.05) is 39.9 Å². The third-order valence-electron chi connectivity index (χ3n) is 8.89. The number of carbonyl (C=O) groups is 1. The van der Waals surface area contributed by atoms with Crippen LogP contribution in [0.3, 0.4) is 0 Å². The lowest BCUT2D eigenvalue weighted by Gasteiger charge is -2.52.